The van der Waals surface area contributed by atoms with Crippen LogP contribution in [0, 0.1) is 18.6 Å². The summed E-state index contributed by atoms with van der Waals surface area (Å²) < 4.78 is 73.0. The molecule has 15 nitrogen and oxygen atoms in total. The fraction of sp³-hybridized carbons (Fsp3) is 0.395. The first-order valence-corrected chi connectivity index (χ1v) is 18.1. The third kappa shape index (κ3) is 6.16. The predicted octanol–water partition coefficient (Wildman–Crippen LogP) is 4.27. The molecule has 2 saturated heterocycles. The highest BCUT2D eigenvalue weighted by Gasteiger charge is 2.42. The summed E-state index contributed by atoms with van der Waals surface area (Å²) >= 11 is 0. The third-order valence-corrected chi connectivity index (χ3v) is 10.5. The number of likely N-dealkylation sites (N-methyl/N-ethyl adjacent to an activating group) is 1. The quantitative estimate of drug-likeness (QED) is 0.259. The summed E-state index contributed by atoms with van der Waals surface area (Å²) in [6.07, 6.45) is 3.02. The molecule has 3 aliphatic rings. The number of imidazole rings is 1. The first kappa shape index (κ1) is 31.5. The van der Waals surface area contributed by atoms with E-state index < -0.39 is 30.8 Å². The van der Waals surface area contributed by atoms with Crippen LogP contribution in [-0.4, -0.2) is 115 Å². The lowest BCUT2D eigenvalue weighted by Gasteiger charge is -2.32. The van der Waals surface area contributed by atoms with Crippen molar-refractivity contribution < 1.29 is 31.9 Å². The van der Waals surface area contributed by atoms with Crippen molar-refractivity contribution in [3.63, 3.8) is 0 Å². The summed E-state index contributed by atoms with van der Waals surface area (Å²) in [6, 6.07) is 7.00. The molecule has 2 fully saturated rings. The van der Waals surface area contributed by atoms with E-state index in [0.29, 0.717) is 83.6 Å². The molecule has 0 aliphatic carbocycles. The molecule has 1 N–H and O–H groups in total. The van der Waals surface area contributed by atoms with Crippen molar-refractivity contribution in [2.24, 2.45) is 0 Å². The van der Waals surface area contributed by atoms with Crippen LogP contribution in [0.2, 0.25) is 0 Å². The average molecular weight is 755 g/mol. The number of carbonyl (C=O) groups is 1. The van der Waals surface area contributed by atoms with Gasteiger partial charge in [-0.15, -0.1) is 0 Å². The minimum atomic E-state index is -2.87. The second-order valence-electron chi connectivity index (χ2n) is 14.0. The smallest absolute Gasteiger partial charge is 0.245 e. The van der Waals surface area contributed by atoms with E-state index >= 15 is 4.39 Å². The molecule has 0 saturated carbocycles. The topological polar surface area (TPSA) is 150 Å². The highest BCUT2D eigenvalue weighted by atomic mass is 19.1. The molecule has 0 unspecified atom stereocenters. The number of methoxy groups -OCH3 is 1. The normalized spacial score (nSPS) is 21.4. The van der Waals surface area contributed by atoms with Gasteiger partial charge in [0.2, 0.25) is 11.9 Å². The van der Waals surface area contributed by atoms with E-state index in [2.05, 4.69) is 20.4 Å². The fourth-order valence-electron chi connectivity index (χ4n) is 7.81. The molecule has 3 aliphatic heterocycles. The second kappa shape index (κ2) is 13.8. The van der Waals surface area contributed by atoms with Crippen molar-refractivity contribution in [1.29, 1.82) is 0 Å². The van der Waals surface area contributed by atoms with E-state index in [1.54, 1.807) is 24.2 Å². The fourth-order valence-corrected chi connectivity index (χ4v) is 7.81. The van der Waals surface area contributed by atoms with E-state index in [1.807, 2.05) is 23.3 Å². The van der Waals surface area contributed by atoms with Gasteiger partial charge >= 0.3 is 0 Å². The van der Waals surface area contributed by atoms with Crippen molar-refractivity contribution in [2.45, 2.75) is 50.9 Å². The monoisotopic (exact) mass is 754 g/mol. The highest BCUT2D eigenvalue weighted by molar-refractivity contribution is 5.94. The van der Waals surface area contributed by atoms with Crippen LogP contribution in [0.5, 0.6) is 5.75 Å². The lowest BCUT2D eigenvalue weighted by atomic mass is 10.1. The first-order valence-electron chi connectivity index (χ1n) is 19.6. The Kier molecular flexibility index (Phi) is 7.91. The van der Waals surface area contributed by atoms with Gasteiger partial charge in [-0.3, -0.25) is 4.79 Å². The maximum Gasteiger partial charge on any atom is 0.245 e. The molecule has 4 bridgehead atoms. The molecule has 1 amide bonds. The van der Waals surface area contributed by atoms with Gasteiger partial charge in [0.05, 0.1) is 71.2 Å². The number of amides is 1. The molecule has 6 aromatic rings. The summed E-state index contributed by atoms with van der Waals surface area (Å²) in [5, 5.41) is 8.48. The maximum absolute atomic E-state index is 15.1. The Balaban J connectivity index is 1.17. The second-order valence-corrected chi connectivity index (χ2v) is 14.0. The molecule has 0 spiro atoms. The highest BCUT2D eigenvalue weighted by Crippen LogP contribution is 2.37. The van der Waals surface area contributed by atoms with Gasteiger partial charge in [-0.2, -0.15) is 5.10 Å². The van der Waals surface area contributed by atoms with Gasteiger partial charge in [-0.25, -0.2) is 38.4 Å². The Morgan fingerprint density at radius 1 is 1.05 bits per heavy atom. The summed E-state index contributed by atoms with van der Waals surface area (Å²) in [4.78, 5) is 42.3. The Bertz CT molecular complexity index is 2560. The van der Waals surface area contributed by atoms with Gasteiger partial charge < -0.3 is 33.9 Å². The van der Waals surface area contributed by atoms with Gasteiger partial charge in [0, 0.05) is 56.7 Å². The van der Waals surface area contributed by atoms with Crippen LogP contribution in [0.3, 0.4) is 0 Å². The van der Waals surface area contributed by atoms with Gasteiger partial charge in [0.25, 0.3) is 0 Å². The van der Waals surface area contributed by atoms with E-state index in [9.17, 15) is 9.18 Å². The minimum Gasteiger partial charge on any atom is -0.494 e. The molecule has 55 heavy (non-hydrogen) atoms. The lowest BCUT2D eigenvalue weighted by molar-refractivity contribution is -0.133. The molecule has 4 aromatic heterocycles. The maximum atomic E-state index is 15.1. The Morgan fingerprint density at radius 2 is 1.93 bits per heavy atom. The first-order chi connectivity index (χ1) is 27.8. The number of anilines is 2. The lowest BCUT2D eigenvalue weighted by Crippen LogP contribution is -2.47. The van der Waals surface area contributed by atoms with Gasteiger partial charge in [-0.05, 0) is 44.5 Å². The van der Waals surface area contributed by atoms with Gasteiger partial charge in [0.15, 0.2) is 5.65 Å². The number of aryl methyl sites for hydroxylation is 1. The van der Waals surface area contributed by atoms with E-state index in [-0.39, 0.29) is 48.3 Å². The van der Waals surface area contributed by atoms with Crippen LogP contribution < -0.4 is 15.0 Å². The Labute approximate surface area is 318 Å². The number of nitrogens with one attached hydrogen (secondary N) is 1. The molecule has 284 valence electrons. The zero-order chi connectivity index (χ0) is 40.5. The molecular formula is C38H39F2N11O4. The van der Waals surface area contributed by atoms with Gasteiger partial charge in [-0.1, -0.05) is 0 Å². The number of hydrogen-bond donors (Lipinski definition) is 1. The molecule has 7 heterocycles. The zero-order valence-electron chi connectivity index (χ0n) is 33.2. The predicted molar refractivity (Wildman–Crippen MR) is 198 cm³/mol. The molecular weight excluding hydrogens is 712 g/mol. The third-order valence-electron chi connectivity index (χ3n) is 10.5. The number of rotatable bonds is 6. The Morgan fingerprint density at radius 3 is 2.73 bits per heavy atom. The molecule has 3 atom stereocenters. The van der Waals surface area contributed by atoms with Crippen molar-refractivity contribution >= 4 is 39.7 Å². The summed E-state index contributed by atoms with van der Waals surface area (Å²) in [5.74, 6) is 0.0566. The number of nitrogens with zero attached hydrogens (tertiary/aromatic N) is 10. The zero-order valence-corrected chi connectivity index (χ0v) is 30.2. The minimum absolute atomic E-state index is 0.147. The van der Waals surface area contributed by atoms with Gasteiger partial charge in [0.1, 0.15) is 46.6 Å². The molecule has 2 aromatic carbocycles. The summed E-state index contributed by atoms with van der Waals surface area (Å²) in [7, 11) is -1.13. The average Bonchev–Trinajstić information content (AvgIpc) is 3.84. The van der Waals surface area contributed by atoms with Crippen LogP contribution >= 0.6 is 0 Å². The standard InChI is InChI=1S/C38H39F2N11O4/c1-5-55-25-16-48(3)37(52)31-13-24(44-38-41-9-8-28(45-38)26-10-23(40)11-29-33(26)49(17-25)20(2)43-29)15-50(31)35-27-14-42-51(30-7-6-22(39)12-32(30)53-4)36(27)47-34(46-35)21-18-54-19-21/h6-12,14,21,24-25,31H,5,13,15-19H2,1-4H3,(H,41,44,45)/t24-,25-,31-/m0/s1/i4D3. The van der Waals surface area contributed by atoms with E-state index in [0.717, 1.165) is 6.07 Å². The van der Waals surface area contributed by atoms with Crippen molar-refractivity contribution in [3.05, 3.63) is 72.1 Å². The largest absolute Gasteiger partial charge is 0.494 e. The molecule has 9 rings (SSSR count). The number of benzene rings is 2. The number of carbonyl (C=O) groups excluding carboxylic acids is 1. The van der Waals surface area contributed by atoms with Crippen molar-refractivity contribution in [3.8, 4) is 22.7 Å². The number of hydrogen-bond acceptors (Lipinski definition) is 12. The number of ether oxygens (including phenoxy) is 3. The van der Waals surface area contributed by atoms with Crippen LogP contribution in [0.15, 0.2) is 48.8 Å². The Hall–Kier alpha value is -5.81. The van der Waals surface area contributed by atoms with Crippen LogP contribution in [0.4, 0.5) is 20.5 Å². The van der Waals surface area contributed by atoms with Crippen LogP contribution in [0.25, 0.3) is 39.0 Å². The number of aromatic nitrogens is 8. The van der Waals surface area contributed by atoms with Crippen LogP contribution in [0.1, 0.15) is 35.0 Å². The number of halogens is 2. The summed E-state index contributed by atoms with van der Waals surface area (Å²) in [5.41, 5.74) is 2.66. The SMILES string of the molecule is [2H]C([2H])([2H])Oc1cc(F)ccc1-n1ncc2c(N3C[C@@H]4C[C@H]3C(=O)N(C)C[C@H](OCC)Cn3c(C)nc5cc(F)cc(c53)-c3ccnc(n3)N4)nc(C3COC3)nc21. The van der Waals surface area contributed by atoms with E-state index in [4.69, 9.17) is 33.3 Å². The summed E-state index contributed by atoms with van der Waals surface area (Å²) in [6.45, 7) is 5.73. The molecule has 0 radical (unpaired) electrons. The van der Waals surface area contributed by atoms with E-state index in [1.165, 1.54) is 35.1 Å². The van der Waals surface area contributed by atoms with Crippen molar-refractivity contribution in [2.75, 3.05) is 57.2 Å². The van der Waals surface area contributed by atoms with Crippen LogP contribution in [-0.2, 0) is 20.8 Å². The van der Waals surface area contributed by atoms with Crippen molar-refractivity contribution in [1.82, 2.24) is 44.2 Å². The molecule has 17 heteroatoms. The number of fused-ring (bicyclic) bond motifs is 6.